The minimum absolute atomic E-state index is 0.0873. The summed E-state index contributed by atoms with van der Waals surface area (Å²) in [5, 5.41) is 12.0. The van der Waals surface area contributed by atoms with Gasteiger partial charge in [-0.3, -0.25) is 4.79 Å². The highest BCUT2D eigenvalue weighted by Crippen LogP contribution is 2.22. The van der Waals surface area contributed by atoms with Crippen LogP contribution in [-0.2, 0) is 14.3 Å². The molecule has 1 N–H and O–H groups in total. The van der Waals surface area contributed by atoms with E-state index in [1.54, 1.807) is 31.2 Å². The molecule has 1 rings (SSSR count). The van der Waals surface area contributed by atoms with Crippen LogP contribution in [-0.4, -0.2) is 30.6 Å². The lowest BCUT2D eigenvalue weighted by Gasteiger charge is -2.27. The van der Waals surface area contributed by atoms with E-state index in [-0.39, 0.29) is 12.5 Å². The van der Waals surface area contributed by atoms with Gasteiger partial charge in [0, 0.05) is 0 Å². The van der Waals surface area contributed by atoms with Crippen molar-refractivity contribution in [1.82, 2.24) is 5.32 Å². The molecule has 0 bridgehead atoms. The number of para-hydroxylation sites is 1. The van der Waals surface area contributed by atoms with Crippen LogP contribution >= 0.6 is 11.6 Å². The van der Waals surface area contributed by atoms with E-state index >= 15 is 0 Å². The van der Waals surface area contributed by atoms with E-state index in [4.69, 9.17) is 26.3 Å². The van der Waals surface area contributed by atoms with Gasteiger partial charge in [-0.15, -0.1) is 0 Å². The summed E-state index contributed by atoms with van der Waals surface area (Å²) >= 11 is 5.88. The third-order valence-electron chi connectivity index (χ3n) is 3.33. The number of amides is 1. The largest absolute Gasteiger partial charge is 0.480 e. The summed E-state index contributed by atoms with van der Waals surface area (Å²) in [6.07, 6.45) is 0. The number of carbonyl (C=O) groups is 2. The molecular formula is C16H19ClN2O4. The van der Waals surface area contributed by atoms with E-state index in [0.29, 0.717) is 10.8 Å². The van der Waals surface area contributed by atoms with Crippen molar-refractivity contribution in [1.29, 1.82) is 5.26 Å². The molecule has 124 valence electrons. The van der Waals surface area contributed by atoms with Crippen molar-refractivity contribution in [3.63, 3.8) is 0 Å². The van der Waals surface area contributed by atoms with E-state index < -0.39 is 24.0 Å². The molecule has 0 saturated heterocycles. The number of hydrogen-bond acceptors (Lipinski definition) is 5. The Labute approximate surface area is 140 Å². The highest BCUT2D eigenvalue weighted by molar-refractivity contribution is 6.32. The maximum Gasteiger partial charge on any atom is 0.344 e. The number of hydrogen-bond donors (Lipinski definition) is 1. The van der Waals surface area contributed by atoms with E-state index in [2.05, 4.69) is 5.32 Å². The highest BCUT2D eigenvalue weighted by atomic mass is 35.5. The number of halogens is 1. The zero-order valence-corrected chi connectivity index (χ0v) is 14.0. The molecule has 0 aliphatic carbocycles. The second-order valence-corrected chi connectivity index (χ2v) is 5.80. The van der Waals surface area contributed by atoms with Crippen LogP contribution in [0.3, 0.4) is 0 Å². The van der Waals surface area contributed by atoms with E-state index in [0.717, 1.165) is 0 Å². The van der Waals surface area contributed by atoms with E-state index in [9.17, 15) is 9.59 Å². The molecule has 0 aromatic heterocycles. The molecule has 1 aromatic carbocycles. The molecule has 23 heavy (non-hydrogen) atoms. The van der Waals surface area contributed by atoms with Gasteiger partial charge in [0.1, 0.15) is 11.3 Å². The fourth-order valence-corrected chi connectivity index (χ4v) is 1.70. The standard InChI is InChI=1S/C16H19ClN2O4/c1-11(2)16(3,10-18)19-14(20)8-23-15(21)9-22-13-7-5-4-6-12(13)17/h4-7,11H,8-9H2,1-3H3,(H,19,20)/t16-/m1/s1. The number of ether oxygens (including phenoxy) is 2. The summed E-state index contributed by atoms with van der Waals surface area (Å²) in [5.74, 6) is -0.986. The Bertz CT molecular complexity index is 612. The van der Waals surface area contributed by atoms with Crippen LogP contribution in [0, 0.1) is 17.2 Å². The zero-order valence-electron chi connectivity index (χ0n) is 13.3. The van der Waals surface area contributed by atoms with Gasteiger partial charge in [0.2, 0.25) is 0 Å². The van der Waals surface area contributed by atoms with Gasteiger partial charge in [-0.05, 0) is 25.0 Å². The van der Waals surface area contributed by atoms with Crippen LogP contribution in [0.4, 0.5) is 0 Å². The molecule has 6 nitrogen and oxygen atoms in total. The smallest absolute Gasteiger partial charge is 0.344 e. The summed E-state index contributed by atoms with van der Waals surface area (Å²) in [4.78, 5) is 23.3. The van der Waals surface area contributed by atoms with Gasteiger partial charge < -0.3 is 14.8 Å². The van der Waals surface area contributed by atoms with Crippen molar-refractivity contribution < 1.29 is 19.1 Å². The van der Waals surface area contributed by atoms with E-state index in [1.807, 2.05) is 19.9 Å². The molecular weight excluding hydrogens is 320 g/mol. The molecule has 1 aromatic rings. The Morgan fingerprint density at radius 3 is 2.57 bits per heavy atom. The normalized spacial score (nSPS) is 12.9. The average Bonchev–Trinajstić information content (AvgIpc) is 2.51. The molecule has 0 heterocycles. The van der Waals surface area contributed by atoms with Crippen molar-refractivity contribution in [2.45, 2.75) is 26.3 Å². The minimum Gasteiger partial charge on any atom is -0.480 e. The molecule has 0 fully saturated rings. The third-order valence-corrected chi connectivity index (χ3v) is 3.64. The van der Waals surface area contributed by atoms with Crippen molar-refractivity contribution in [2.24, 2.45) is 5.92 Å². The van der Waals surface area contributed by atoms with Crippen molar-refractivity contribution >= 4 is 23.5 Å². The van der Waals surface area contributed by atoms with Gasteiger partial charge in [-0.25, -0.2) is 4.79 Å². The third kappa shape index (κ3) is 5.80. The van der Waals surface area contributed by atoms with Gasteiger partial charge in [-0.1, -0.05) is 37.6 Å². The number of nitrogens with one attached hydrogen (secondary N) is 1. The Balaban J connectivity index is 2.40. The lowest BCUT2D eigenvalue weighted by Crippen LogP contribution is -2.50. The van der Waals surface area contributed by atoms with Gasteiger partial charge in [0.05, 0.1) is 11.1 Å². The molecule has 7 heteroatoms. The highest BCUT2D eigenvalue weighted by Gasteiger charge is 2.30. The summed E-state index contributed by atoms with van der Waals surface area (Å²) in [6, 6.07) is 8.73. The van der Waals surface area contributed by atoms with Crippen LogP contribution in [0.2, 0.25) is 5.02 Å². The number of esters is 1. The molecule has 0 spiro atoms. The van der Waals surface area contributed by atoms with Crippen molar-refractivity contribution in [3.05, 3.63) is 29.3 Å². The first-order valence-electron chi connectivity index (χ1n) is 7.03. The van der Waals surface area contributed by atoms with Crippen LogP contribution in [0.15, 0.2) is 24.3 Å². The first kappa shape index (κ1) is 18.8. The van der Waals surface area contributed by atoms with Gasteiger partial charge in [0.25, 0.3) is 5.91 Å². The summed E-state index contributed by atoms with van der Waals surface area (Å²) in [5.41, 5.74) is -1.02. The first-order valence-corrected chi connectivity index (χ1v) is 7.41. The molecule has 0 unspecified atom stereocenters. The predicted molar refractivity (Wildman–Crippen MR) is 84.9 cm³/mol. The maximum atomic E-state index is 11.8. The van der Waals surface area contributed by atoms with Gasteiger partial charge >= 0.3 is 5.97 Å². The van der Waals surface area contributed by atoms with Crippen molar-refractivity contribution in [2.75, 3.05) is 13.2 Å². The lowest BCUT2D eigenvalue weighted by molar-refractivity contribution is -0.150. The summed E-state index contributed by atoms with van der Waals surface area (Å²) in [7, 11) is 0. The monoisotopic (exact) mass is 338 g/mol. The molecule has 0 radical (unpaired) electrons. The summed E-state index contributed by atoms with van der Waals surface area (Å²) < 4.78 is 10.0. The molecule has 0 aliphatic rings. The number of benzene rings is 1. The second kappa shape index (κ2) is 8.39. The minimum atomic E-state index is -1.02. The van der Waals surface area contributed by atoms with Crippen LogP contribution in [0.5, 0.6) is 5.75 Å². The van der Waals surface area contributed by atoms with Crippen LogP contribution in [0.1, 0.15) is 20.8 Å². The van der Waals surface area contributed by atoms with E-state index in [1.165, 1.54) is 0 Å². The van der Waals surface area contributed by atoms with Gasteiger partial charge in [-0.2, -0.15) is 5.26 Å². The Morgan fingerprint density at radius 2 is 2.00 bits per heavy atom. The number of carbonyl (C=O) groups excluding carboxylic acids is 2. The molecule has 1 amide bonds. The molecule has 0 aliphatic heterocycles. The first-order chi connectivity index (χ1) is 10.8. The quantitative estimate of drug-likeness (QED) is 0.771. The number of nitrogens with zero attached hydrogens (tertiary/aromatic N) is 1. The fraction of sp³-hybridized carbons (Fsp3) is 0.438. The zero-order chi connectivity index (χ0) is 17.5. The summed E-state index contributed by atoms with van der Waals surface area (Å²) in [6.45, 7) is 4.39. The Hall–Kier alpha value is -2.26. The van der Waals surface area contributed by atoms with Crippen LogP contribution < -0.4 is 10.1 Å². The van der Waals surface area contributed by atoms with Crippen LogP contribution in [0.25, 0.3) is 0 Å². The van der Waals surface area contributed by atoms with Gasteiger partial charge in [0.15, 0.2) is 13.2 Å². The lowest BCUT2D eigenvalue weighted by atomic mass is 9.90. The van der Waals surface area contributed by atoms with Crippen molar-refractivity contribution in [3.8, 4) is 11.8 Å². The maximum absolute atomic E-state index is 11.8. The topological polar surface area (TPSA) is 88.4 Å². The predicted octanol–water partition coefficient (Wildman–Crippen LogP) is 2.32. The number of nitriles is 1. The Kier molecular flexibility index (Phi) is 6.86. The average molecular weight is 339 g/mol. The SMILES string of the molecule is CC(C)[C@@](C)(C#N)NC(=O)COC(=O)COc1ccccc1Cl. The molecule has 0 saturated carbocycles. The fourth-order valence-electron chi connectivity index (χ4n) is 1.51. The number of rotatable bonds is 7. The second-order valence-electron chi connectivity index (χ2n) is 5.40. The molecule has 1 atom stereocenters. The Morgan fingerprint density at radius 1 is 1.35 bits per heavy atom.